The summed E-state index contributed by atoms with van der Waals surface area (Å²) in [4.78, 5) is 36.9. The number of hydrogen-bond acceptors (Lipinski definition) is 5. The van der Waals surface area contributed by atoms with Gasteiger partial charge in [0.05, 0.1) is 6.04 Å². The van der Waals surface area contributed by atoms with Crippen molar-refractivity contribution in [3.8, 4) is 0 Å². The van der Waals surface area contributed by atoms with Gasteiger partial charge in [-0.15, -0.1) is 0 Å². The molecule has 0 radical (unpaired) electrons. The van der Waals surface area contributed by atoms with Gasteiger partial charge >= 0.3 is 6.03 Å². The molecule has 7 nitrogen and oxygen atoms in total. The first-order valence-electron chi connectivity index (χ1n) is 12.2. The number of amides is 3. The van der Waals surface area contributed by atoms with E-state index < -0.39 is 5.54 Å². The molecule has 1 aromatic carbocycles. The summed E-state index contributed by atoms with van der Waals surface area (Å²) >= 11 is 0. The summed E-state index contributed by atoms with van der Waals surface area (Å²) in [5.41, 5.74) is 1.83. The molecule has 2 aromatic rings. The molecule has 3 fully saturated rings. The SMILES string of the molecule is O=C1NC2(CCN(CCc3ccccc3)CC2)C(=O)N1C1CCCN(Cc2ccncc2)C1. The van der Waals surface area contributed by atoms with Crippen LogP contribution in [-0.4, -0.2) is 75.9 Å². The average molecular weight is 448 g/mol. The van der Waals surface area contributed by atoms with Crippen LogP contribution in [0.1, 0.15) is 36.8 Å². The van der Waals surface area contributed by atoms with Gasteiger partial charge in [-0.1, -0.05) is 30.3 Å². The average Bonchev–Trinajstić information content (AvgIpc) is 3.09. The summed E-state index contributed by atoms with van der Waals surface area (Å²) < 4.78 is 0. The van der Waals surface area contributed by atoms with E-state index in [2.05, 4.69) is 44.4 Å². The van der Waals surface area contributed by atoms with Gasteiger partial charge < -0.3 is 10.2 Å². The third-order valence-electron chi connectivity index (χ3n) is 7.46. The smallest absolute Gasteiger partial charge is 0.323 e. The normalized spacial score (nSPS) is 23.8. The lowest BCUT2D eigenvalue weighted by Crippen LogP contribution is -2.56. The van der Waals surface area contributed by atoms with E-state index in [4.69, 9.17) is 0 Å². The number of carbonyl (C=O) groups is 2. The monoisotopic (exact) mass is 447 g/mol. The van der Waals surface area contributed by atoms with E-state index in [0.29, 0.717) is 12.8 Å². The minimum atomic E-state index is -0.715. The number of carbonyl (C=O) groups excluding carboxylic acids is 2. The van der Waals surface area contributed by atoms with Crippen molar-refractivity contribution in [1.29, 1.82) is 0 Å². The lowest BCUT2D eigenvalue weighted by molar-refractivity contribution is -0.135. The molecule has 174 valence electrons. The summed E-state index contributed by atoms with van der Waals surface area (Å²) in [7, 11) is 0. The maximum absolute atomic E-state index is 13.5. The van der Waals surface area contributed by atoms with Gasteiger partial charge in [-0.3, -0.25) is 19.6 Å². The molecule has 1 spiro atoms. The van der Waals surface area contributed by atoms with Gasteiger partial charge in [0, 0.05) is 45.1 Å². The van der Waals surface area contributed by atoms with E-state index in [9.17, 15) is 9.59 Å². The predicted octanol–water partition coefficient (Wildman–Crippen LogP) is 2.68. The van der Waals surface area contributed by atoms with Gasteiger partial charge in [-0.2, -0.15) is 0 Å². The van der Waals surface area contributed by atoms with E-state index in [1.165, 1.54) is 11.1 Å². The van der Waals surface area contributed by atoms with Crippen LogP contribution in [-0.2, 0) is 17.8 Å². The van der Waals surface area contributed by atoms with Crippen LogP contribution in [0.5, 0.6) is 0 Å². The zero-order valence-corrected chi connectivity index (χ0v) is 19.2. The highest BCUT2D eigenvalue weighted by Crippen LogP contribution is 2.32. The molecular formula is C26H33N5O2. The first-order chi connectivity index (χ1) is 16.1. The number of likely N-dealkylation sites (tertiary alicyclic amines) is 2. The first-order valence-corrected chi connectivity index (χ1v) is 12.2. The fourth-order valence-electron chi connectivity index (χ4n) is 5.53. The van der Waals surface area contributed by atoms with Crippen molar-refractivity contribution in [2.45, 2.75) is 50.2 Å². The Labute approximate surface area is 195 Å². The fraction of sp³-hybridized carbons (Fsp3) is 0.500. The largest absolute Gasteiger partial charge is 0.325 e. The number of urea groups is 1. The van der Waals surface area contributed by atoms with Gasteiger partial charge in [-0.05, 0) is 61.9 Å². The van der Waals surface area contributed by atoms with Crippen molar-refractivity contribution in [1.82, 2.24) is 25.0 Å². The highest BCUT2D eigenvalue weighted by atomic mass is 16.2. The number of hydrogen-bond donors (Lipinski definition) is 1. The van der Waals surface area contributed by atoms with Crippen LogP contribution < -0.4 is 5.32 Å². The molecule has 4 heterocycles. The molecule has 33 heavy (non-hydrogen) atoms. The maximum atomic E-state index is 13.5. The summed E-state index contributed by atoms with van der Waals surface area (Å²) in [5.74, 6) is -0.00836. The molecule has 1 aromatic heterocycles. The molecular weight excluding hydrogens is 414 g/mol. The minimum absolute atomic E-state index is 0.00836. The summed E-state index contributed by atoms with van der Waals surface area (Å²) in [6.07, 6.45) is 7.88. The first kappa shape index (κ1) is 22.0. The van der Waals surface area contributed by atoms with Crippen LogP contribution >= 0.6 is 0 Å². The topological polar surface area (TPSA) is 68.8 Å². The molecule has 0 saturated carbocycles. The van der Waals surface area contributed by atoms with E-state index in [0.717, 1.165) is 58.5 Å². The highest BCUT2D eigenvalue weighted by Gasteiger charge is 2.54. The quantitative estimate of drug-likeness (QED) is 0.690. The number of nitrogens with zero attached hydrogens (tertiary/aromatic N) is 4. The number of rotatable bonds is 6. The Bertz CT molecular complexity index is 959. The third kappa shape index (κ3) is 4.80. The number of imide groups is 1. The van der Waals surface area contributed by atoms with Crippen LogP contribution in [0.2, 0.25) is 0 Å². The highest BCUT2D eigenvalue weighted by molar-refractivity contribution is 6.07. The molecule has 1 N–H and O–H groups in total. The molecule has 0 bridgehead atoms. The maximum Gasteiger partial charge on any atom is 0.325 e. The van der Waals surface area contributed by atoms with Crippen LogP contribution in [0.3, 0.4) is 0 Å². The minimum Gasteiger partial charge on any atom is -0.323 e. The second-order valence-electron chi connectivity index (χ2n) is 9.65. The molecule has 1 unspecified atom stereocenters. The Morgan fingerprint density at radius 1 is 0.939 bits per heavy atom. The fourth-order valence-corrected chi connectivity index (χ4v) is 5.53. The summed E-state index contributed by atoms with van der Waals surface area (Å²) in [6, 6.07) is 14.3. The van der Waals surface area contributed by atoms with E-state index in [1.807, 2.05) is 30.6 Å². The Balaban J connectivity index is 1.18. The van der Waals surface area contributed by atoms with Crippen molar-refractivity contribution >= 4 is 11.9 Å². The zero-order valence-electron chi connectivity index (χ0n) is 19.2. The van der Waals surface area contributed by atoms with Crippen LogP contribution in [0.4, 0.5) is 4.79 Å². The van der Waals surface area contributed by atoms with Gasteiger partial charge in [-0.25, -0.2) is 4.79 Å². The van der Waals surface area contributed by atoms with E-state index in [-0.39, 0.29) is 18.0 Å². The van der Waals surface area contributed by atoms with Gasteiger partial charge in [0.1, 0.15) is 5.54 Å². The molecule has 0 aliphatic carbocycles. The van der Waals surface area contributed by atoms with Gasteiger partial charge in [0.15, 0.2) is 0 Å². The van der Waals surface area contributed by atoms with E-state index in [1.54, 1.807) is 4.90 Å². The third-order valence-corrected chi connectivity index (χ3v) is 7.46. The molecule has 3 aliphatic heterocycles. The Kier molecular flexibility index (Phi) is 6.42. The summed E-state index contributed by atoms with van der Waals surface area (Å²) in [6.45, 7) is 5.21. The number of piperidine rings is 2. The Morgan fingerprint density at radius 3 is 2.45 bits per heavy atom. The molecule has 3 aliphatic rings. The van der Waals surface area contributed by atoms with Crippen LogP contribution in [0.25, 0.3) is 0 Å². The van der Waals surface area contributed by atoms with Gasteiger partial charge in [0.2, 0.25) is 0 Å². The van der Waals surface area contributed by atoms with E-state index >= 15 is 0 Å². The van der Waals surface area contributed by atoms with Crippen molar-refractivity contribution in [2.75, 3.05) is 32.7 Å². The van der Waals surface area contributed by atoms with Crippen molar-refractivity contribution in [3.63, 3.8) is 0 Å². The second kappa shape index (κ2) is 9.61. The number of nitrogens with one attached hydrogen (secondary N) is 1. The van der Waals surface area contributed by atoms with Crippen LogP contribution in [0.15, 0.2) is 54.9 Å². The molecule has 3 saturated heterocycles. The molecule has 7 heteroatoms. The number of benzene rings is 1. The number of aromatic nitrogens is 1. The molecule has 3 amide bonds. The number of pyridine rings is 1. The zero-order chi connectivity index (χ0) is 22.7. The van der Waals surface area contributed by atoms with Crippen molar-refractivity contribution < 1.29 is 9.59 Å². The lowest BCUT2D eigenvalue weighted by Gasteiger charge is -2.39. The van der Waals surface area contributed by atoms with Gasteiger partial charge in [0.25, 0.3) is 5.91 Å². The Morgan fingerprint density at radius 2 is 1.70 bits per heavy atom. The van der Waals surface area contributed by atoms with Crippen molar-refractivity contribution in [3.05, 3.63) is 66.0 Å². The van der Waals surface area contributed by atoms with Crippen molar-refractivity contribution in [2.24, 2.45) is 0 Å². The van der Waals surface area contributed by atoms with Crippen LogP contribution in [0, 0.1) is 0 Å². The predicted molar refractivity (Wildman–Crippen MR) is 126 cm³/mol. The second-order valence-corrected chi connectivity index (χ2v) is 9.65. The molecule has 5 rings (SSSR count). The lowest BCUT2D eigenvalue weighted by atomic mass is 9.87. The Hall–Kier alpha value is -2.77. The summed E-state index contributed by atoms with van der Waals surface area (Å²) in [5, 5.41) is 3.11. The standard InChI is InChI=1S/C26H33N5O2/c32-24-26(11-17-29(18-12-26)16-10-21-5-2-1-3-6-21)28-25(33)31(24)23-7-4-15-30(20-23)19-22-8-13-27-14-9-22/h1-3,5-6,8-9,13-14,23H,4,7,10-12,15-20H2,(H,28,33). The molecule has 1 atom stereocenters.